The number of anilines is 1. The van der Waals surface area contributed by atoms with Gasteiger partial charge in [-0.05, 0) is 55.2 Å². The van der Waals surface area contributed by atoms with E-state index in [1.54, 1.807) is 23.1 Å². The highest BCUT2D eigenvalue weighted by atomic mass is 19.1. The van der Waals surface area contributed by atoms with Crippen LogP contribution in [0.15, 0.2) is 54.6 Å². The summed E-state index contributed by atoms with van der Waals surface area (Å²) in [6.07, 6.45) is 5.13. The molecule has 4 rings (SSSR count). The number of carbonyl (C=O) groups is 1. The monoisotopic (exact) mass is 447 g/mol. The lowest BCUT2D eigenvalue weighted by Gasteiger charge is -2.27. The van der Waals surface area contributed by atoms with E-state index < -0.39 is 0 Å². The number of fused-ring (bicyclic) bond motifs is 1. The van der Waals surface area contributed by atoms with E-state index in [4.69, 9.17) is 9.72 Å². The van der Waals surface area contributed by atoms with Gasteiger partial charge in [-0.3, -0.25) is 4.79 Å². The third-order valence-corrected chi connectivity index (χ3v) is 5.92. The summed E-state index contributed by atoms with van der Waals surface area (Å²) < 4.78 is 19.3. The molecule has 1 fully saturated rings. The first-order valence-corrected chi connectivity index (χ1v) is 11.3. The van der Waals surface area contributed by atoms with Crippen molar-refractivity contribution in [2.45, 2.75) is 32.4 Å². The van der Waals surface area contributed by atoms with Gasteiger partial charge >= 0.3 is 0 Å². The lowest BCUT2D eigenvalue weighted by Crippen LogP contribution is -2.36. The Hall–Kier alpha value is -3.25. The molecule has 6 heteroatoms. The largest absolute Gasteiger partial charge is 0.376 e. The third kappa shape index (κ3) is 5.57. The van der Waals surface area contributed by atoms with Gasteiger partial charge in [-0.2, -0.15) is 0 Å². The fourth-order valence-electron chi connectivity index (χ4n) is 4.24. The molecule has 1 atom stereocenters. The Morgan fingerprint density at radius 2 is 2.03 bits per heavy atom. The molecule has 0 bridgehead atoms. The van der Waals surface area contributed by atoms with Gasteiger partial charge in [0.2, 0.25) is 5.91 Å². The van der Waals surface area contributed by atoms with Crippen LogP contribution in [-0.2, 0) is 16.1 Å². The molecule has 1 amide bonds. The molecule has 0 N–H and O–H groups in total. The molecule has 2 heterocycles. The minimum absolute atomic E-state index is 0.0231. The number of rotatable bonds is 7. The van der Waals surface area contributed by atoms with Crippen LogP contribution in [-0.4, -0.2) is 49.1 Å². The Bertz CT molecular complexity index is 1170. The highest BCUT2D eigenvalue weighted by Crippen LogP contribution is 2.26. The van der Waals surface area contributed by atoms with E-state index >= 15 is 0 Å². The predicted molar refractivity (Wildman–Crippen MR) is 131 cm³/mol. The SMILES string of the molecule is Cc1cccc2cc(CN(C[C@H]3CCCO3)C(=O)/C=C/c3cccc(F)c3)c(N(C)C)nc12. The van der Waals surface area contributed by atoms with E-state index in [2.05, 4.69) is 19.1 Å². The summed E-state index contributed by atoms with van der Waals surface area (Å²) in [5.74, 6) is 0.383. The number of carbonyl (C=O) groups excluding carboxylic acids is 1. The molecule has 0 aliphatic carbocycles. The summed E-state index contributed by atoms with van der Waals surface area (Å²) in [5.41, 5.74) is 3.71. The van der Waals surface area contributed by atoms with Crippen molar-refractivity contribution in [1.29, 1.82) is 0 Å². The van der Waals surface area contributed by atoms with Gasteiger partial charge in [0.05, 0.1) is 11.6 Å². The minimum Gasteiger partial charge on any atom is -0.376 e. The van der Waals surface area contributed by atoms with Gasteiger partial charge in [0.25, 0.3) is 0 Å². The molecule has 1 aliphatic rings. The summed E-state index contributed by atoms with van der Waals surface area (Å²) in [6.45, 7) is 3.70. The van der Waals surface area contributed by atoms with Crippen molar-refractivity contribution >= 4 is 28.7 Å². The number of para-hydroxylation sites is 1. The van der Waals surface area contributed by atoms with Crippen molar-refractivity contribution in [3.8, 4) is 0 Å². The minimum atomic E-state index is -0.325. The van der Waals surface area contributed by atoms with Gasteiger partial charge in [-0.25, -0.2) is 9.37 Å². The number of benzene rings is 2. The number of amides is 1. The Balaban J connectivity index is 1.65. The normalized spacial score (nSPS) is 15.9. The third-order valence-electron chi connectivity index (χ3n) is 5.92. The van der Waals surface area contributed by atoms with E-state index in [9.17, 15) is 9.18 Å². The number of halogens is 1. The maximum Gasteiger partial charge on any atom is 0.246 e. The Kier molecular flexibility index (Phi) is 7.04. The standard InChI is InChI=1S/C27H30FN3O2/c1-19-7-4-9-21-16-22(27(30(2)3)29-26(19)21)17-31(18-24-11-6-14-33-24)25(32)13-12-20-8-5-10-23(28)15-20/h4-5,7-10,12-13,15-16,24H,6,11,14,17-18H2,1-3H3/b13-12+/t24-/m1/s1. The summed E-state index contributed by atoms with van der Waals surface area (Å²) in [7, 11) is 3.93. The number of nitrogens with zero attached hydrogens (tertiary/aromatic N) is 3. The first-order valence-electron chi connectivity index (χ1n) is 11.3. The molecule has 0 unspecified atom stereocenters. The fraction of sp³-hybridized carbons (Fsp3) is 0.333. The average Bonchev–Trinajstić information content (AvgIpc) is 3.30. The van der Waals surface area contributed by atoms with Crippen LogP contribution in [0.2, 0.25) is 0 Å². The summed E-state index contributed by atoms with van der Waals surface area (Å²) in [4.78, 5) is 22.0. The molecule has 1 aromatic heterocycles. The van der Waals surface area contributed by atoms with Gasteiger partial charge < -0.3 is 14.5 Å². The molecular weight excluding hydrogens is 417 g/mol. The van der Waals surface area contributed by atoms with Crippen molar-refractivity contribution in [3.05, 3.63) is 77.1 Å². The molecule has 5 nitrogen and oxygen atoms in total. The molecule has 2 aromatic carbocycles. The average molecular weight is 448 g/mol. The van der Waals surface area contributed by atoms with Crippen molar-refractivity contribution in [2.24, 2.45) is 0 Å². The van der Waals surface area contributed by atoms with Crippen molar-refractivity contribution in [3.63, 3.8) is 0 Å². The van der Waals surface area contributed by atoms with Crippen LogP contribution in [0.25, 0.3) is 17.0 Å². The van der Waals surface area contributed by atoms with Crippen LogP contribution in [0.4, 0.5) is 10.2 Å². The molecule has 0 radical (unpaired) electrons. The van der Waals surface area contributed by atoms with Crippen LogP contribution in [0.3, 0.4) is 0 Å². The molecule has 1 saturated heterocycles. The number of hydrogen-bond acceptors (Lipinski definition) is 4. The van der Waals surface area contributed by atoms with Crippen LogP contribution in [0, 0.1) is 12.7 Å². The van der Waals surface area contributed by atoms with Gasteiger partial charge in [0.1, 0.15) is 11.6 Å². The van der Waals surface area contributed by atoms with E-state index in [-0.39, 0.29) is 17.8 Å². The molecule has 3 aromatic rings. The Labute approximate surface area is 194 Å². The molecule has 0 spiro atoms. The highest BCUT2D eigenvalue weighted by molar-refractivity contribution is 5.92. The number of aromatic nitrogens is 1. The second kappa shape index (κ2) is 10.1. The lowest BCUT2D eigenvalue weighted by molar-refractivity contribution is -0.128. The second-order valence-electron chi connectivity index (χ2n) is 8.75. The highest BCUT2D eigenvalue weighted by Gasteiger charge is 2.23. The van der Waals surface area contributed by atoms with Gasteiger partial charge in [-0.1, -0.05) is 30.3 Å². The lowest BCUT2D eigenvalue weighted by atomic mass is 10.1. The first kappa shape index (κ1) is 22.9. The van der Waals surface area contributed by atoms with Crippen LogP contribution < -0.4 is 4.90 Å². The van der Waals surface area contributed by atoms with E-state index in [0.717, 1.165) is 47.3 Å². The van der Waals surface area contributed by atoms with E-state index in [1.165, 1.54) is 18.2 Å². The Morgan fingerprint density at radius 1 is 1.21 bits per heavy atom. The number of aryl methyl sites for hydroxylation is 1. The summed E-state index contributed by atoms with van der Waals surface area (Å²) in [6, 6.07) is 14.5. The van der Waals surface area contributed by atoms with Crippen LogP contribution in [0.5, 0.6) is 0 Å². The summed E-state index contributed by atoms with van der Waals surface area (Å²) in [5, 5.41) is 1.05. The zero-order valence-electron chi connectivity index (χ0n) is 19.4. The predicted octanol–water partition coefficient (Wildman–Crippen LogP) is 4.97. The van der Waals surface area contributed by atoms with E-state index in [0.29, 0.717) is 18.7 Å². The molecule has 0 saturated carbocycles. The zero-order chi connectivity index (χ0) is 23.4. The van der Waals surface area contributed by atoms with Crippen LogP contribution in [0.1, 0.15) is 29.5 Å². The Morgan fingerprint density at radius 3 is 2.76 bits per heavy atom. The van der Waals surface area contributed by atoms with Gasteiger partial charge in [-0.15, -0.1) is 0 Å². The zero-order valence-corrected chi connectivity index (χ0v) is 19.4. The maximum atomic E-state index is 13.5. The molecular formula is C27H30FN3O2. The second-order valence-corrected chi connectivity index (χ2v) is 8.75. The smallest absolute Gasteiger partial charge is 0.246 e. The maximum absolute atomic E-state index is 13.5. The summed E-state index contributed by atoms with van der Waals surface area (Å²) >= 11 is 0. The quantitative estimate of drug-likeness (QED) is 0.480. The fourth-order valence-corrected chi connectivity index (χ4v) is 4.24. The topological polar surface area (TPSA) is 45.7 Å². The van der Waals surface area contributed by atoms with E-state index in [1.807, 2.05) is 31.1 Å². The number of ether oxygens (including phenoxy) is 1. The number of hydrogen-bond donors (Lipinski definition) is 0. The van der Waals surface area contributed by atoms with Gasteiger partial charge in [0.15, 0.2) is 0 Å². The molecule has 1 aliphatic heterocycles. The van der Waals surface area contributed by atoms with Crippen molar-refractivity contribution in [2.75, 3.05) is 32.1 Å². The van der Waals surface area contributed by atoms with Crippen LogP contribution >= 0.6 is 0 Å². The first-order chi connectivity index (χ1) is 15.9. The van der Waals surface area contributed by atoms with Crippen molar-refractivity contribution in [1.82, 2.24) is 9.88 Å². The number of pyridine rings is 1. The molecule has 172 valence electrons. The molecule has 33 heavy (non-hydrogen) atoms. The van der Waals surface area contributed by atoms with Crippen molar-refractivity contribution < 1.29 is 13.9 Å². The van der Waals surface area contributed by atoms with Gasteiger partial charge in [0, 0.05) is 50.8 Å².